The number of aromatic nitrogens is 2. The molecule has 1 aliphatic heterocycles. The number of allylic oxidation sites excluding steroid dienone is 2. The zero-order valence-corrected chi connectivity index (χ0v) is 15.3. The number of amides is 1. The Bertz CT molecular complexity index is 941. The highest BCUT2D eigenvalue weighted by atomic mass is 32.2. The number of hydroxylamine groups is 2. The van der Waals surface area contributed by atoms with Crippen LogP contribution < -0.4 is 5.73 Å². The Labute approximate surface area is 154 Å². The SMILES string of the molecule is Cc1c(F)cccc1[C@@]1(C(N)=O)CC2=C(C1)N(O)[C@H](c1ccnn1C)S2. The second-order valence-corrected chi connectivity index (χ2v) is 7.95. The summed E-state index contributed by atoms with van der Waals surface area (Å²) in [5.41, 5.74) is 7.27. The van der Waals surface area contributed by atoms with Crippen LogP contribution in [0.2, 0.25) is 0 Å². The van der Waals surface area contributed by atoms with Crippen LogP contribution in [-0.4, -0.2) is 26.0 Å². The van der Waals surface area contributed by atoms with Gasteiger partial charge < -0.3 is 5.73 Å². The summed E-state index contributed by atoms with van der Waals surface area (Å²) in [6, 6.07) is 6.56. The number of rotatable bonds is 3. The molecule has 0 bridgehead atoms. The van der Waals surface area contributed by atoms with Gasteiger partial charge in [0.1, 0.15) is 11.2 Å². The Kier molecular flexibility index (Phi) is 3.85. The molecule has 2 aliphatic rings. The van der Waals surface area contributed by atoms with E-state index in [0.29, 0.717) is 23.2 Å². The van der Waals surface area contributed by atoms with Gasteiger partial charge in [0, 0.05) is 24.6 Å². The van der Waals surface area contributed by atoms with Crippen molar-refractivity contribution in [2.75, 3.05) is 0 Å². The zero-order chi connectivity index (χ0) is 18.6. The molecule has 8 heteroatoms. The van der Waals surface area contributed by atoms with Gasteiger partial charge in [0.25, 0.3) is 0 Å². The molecule has 1 aliphatic carbocycles. The molecule has 26 heavy (non-hydrogen) atoms. The Morgan fingerprint density at radius 3 is 2.81 bits per heavy atom. The van der Waals surface area contributed by atoms with Gasteiger partial charge in [0.15, 0.2) is 0 Å². The summed E-state index contributed by atoms with van der Waals surface area (Å²) >= 11 is 1.48. The molecular formula is C18H19FN4O2S. The molecular weight excluding hydrogens is 355 g/mol. The lowest BCUT2D eigenvalue weighted by molar-refractivity contribution is -0.124. The van der Waals surface area contributed by atoms with Gasteiger partial charge in [0.05, 0.1) is 16.8 Å². The van der Waals surface area contributed by atoms with E-state index in [1.165, 1.54) is 22.9 Å². The largest absolute Gasteiger partial charge is 0.369 e. The number of halogens is 1. The smallest absolute Gasteiger partial charge is 0.228 e. The number of primary amides is 1. The van der Waals surface area contributed by atoms with E-state index in [9.17, 15) is 14.4 Å². The maximum atomic E-state index is 14.1. The molecule has 3 N–H and O–H groups in total. The predicted octanol–water partition coefficient (Wildman–Crippen LogP) is 2.73. The van der Waals surface area contributed by atoms with Gasteiger partial charge in [-0.15, -0.1) is 0 Å². The summed E-state index contributed by atoms with van der Waals surface area (Å²) in [6.07, 6.45) is 2.29. The first kappa shape index (κ1) is 17.1. The van der Waals surface area contributed by atoms with E-state index >= 15 is 0 Å². The molecule has 0 saturated carbocycles. The van der Waals surface area contributed by atoms with Crippen LogP contribution in [0.5, 0.6) is 0 Å². The average Bonchev–Trinajstić information content (AvgIpc) is 3.25. The standard InChI is InChI=1S/C18H19FN4O2S/c1-10-11(4-3-5-12(10)19)18(17(20)24)8-14-15(9-18)26-16(23(14)25)13-6-7-21-22(13)2/h3-7,16,25H,8-9H2,1-2H3,(H2,20,24)/t16-,18-/m0/s1. The minimum atomic E-state index is -1.04. The lowest BCUT2D eigenvalue weighted by Crippen LogP contribution is -2.41. The lowest BCUT2D eigenvalue weighted by Gasteiger charge is -2.32. The molecule has 1 amide bonds. The first-order valence-electron chi connectivity index (χ1n) is 8.25. The molecule has 1 aromatic carbocycles. The molecule has 1 aromatic heterocycles. The third-order valence-electron chi connectivity index (χ3n) is 5.37. The zero-order valence-electron chi connectivity index (χ0n) is 14.4. The van der Waals surface area contributed by atoms with E-state index in [1.807, 2.05) is 13.1 Å². The fourth-order valence-electron chi connectivity index (χ4n) is 3.90. The van der Waals surface area contributed by atoms with E-state index in [-0.39, 0.29) is 17.6 Å². The number of nitrogens with zero attached hydrogens (tertiary/aromatic N) is 3. The molecule has 0 radical (unpaired) electrons. The molecule has 0 spiro atoms. The molecule has 2 atom stereocenters. The molecule has 0 fully saturated rings. The fourth-order valence-corrected chi connectivity index (χ4v) is 5.38. The van der Waals surface area contributed by atoms with E-state index in [1.54, 1.807) is 29.9 Å². The molecule has 4 rings (SSSR count). The van der Waals surface area contributed by atoms with Crippen molar-refractivity contribution in [2.24, 2.45) is 12.8 Å². The van der Waals surface area contributed by atoms with Crippen molar-refractivity contribution in [3.05, 3.63) is 63.7 Å². The first-order chi connectivity index (χ1) is 12.3. The minimum absolute atomic E-state index is 0.250. The van der Waals surface area contributed by atoms with Gasteiger partial charge in [-0.1, -0.05) is 23.9 Å². The topological polar surface area (TPSA) is 84.4 Å². The van der Waals surface area contributed by atoms with Crippen LogP contribution in [0.25, 0.3) is 0 Å². The van der Waals surface area contributed by atoms with Crippen LogP contribution in [0.4, 0.5) is 4.39 Å². The number of nitrogens with two attached hydrogens (primary N) is 1. The van der Waals surface area contributed by atoms with Gasteiger partial charge in [-0.2, -0.15) is 5.10 Å². The Hall–Kier alpha value is -2.32. The Morgan fingerprint density at radius 2 is 2.19 bits per heavy atom. The predicted molar refractivity (Wildman–Crippen MR) is 95.4 cm³/mol. The third kappa shape index (κ3) is 2.29. The highest BCUT2D eigenvalue weighted by molar-refractivity contribution is 8.03. The van der Waals surface area contributed by atoms with Crippen LogP contribution >= 0.6 is 11.8 Å². The van der Waals surface area contributed by atoms with Crippen molar-refractivity contribution in [3.63, 3.8) is 0 Å². The molecule has 2 aromatic rings. The number of carbonyl (C=O) groups is 1. The summed E-state index contributed by atoms with van der Waals surface area (Å²) in [7, 11) is 1.82. The summed E-state index contributed by atoms with van der Waals surface area (Å²) < 4.78 is 15.8. The minimum Gasteiger partial charge on any atom is -0.369 e. The quantitative estimate of drug-likeness (QED) is 0.863. The van der Waals surface area contributed by atoms with E-state index in [2.05, 4.69) is 5.10 Å². The van der Waals surface area contributed by atoms with Crippen molar-refractivity contribution in [2.45, 2.75) is 30.6 Å². The Morgan fingerprint density at radius 1 is 1.42 bits per heavy atom. The Balaban J connectivity index is 1.70. The van der Waals surface area contributed by atoms with E-state index in [4.69, 9.17) is 5.73 Å². The summed E-state index contributed by atoms with van der Waals surface area (Å²) in [5, 5.41) is 15.8. The first-order valence-corrected chi connectivity index (χ1v) is 9.13. The monoisotopic (exact) mass is 374 g/mol. The summed E-state index contributed by atoms with van der Waals surface area (Å²) in [5.74, 6) is -0.872. The second-order valence-electron chi connectivity index (χ2n) is 6.78. The van der Waals surface area contributed by atoms with Crippen LogP contribution in [-0.2, 0) is 17.3 Å². The van der Waals surface area contributed by atoms with Crippen LogP contribution in [0.1, 0.15) is 35.0 Å². The lowest BCUT2D eigenvalue weighted by atomic mass is 9.75. The van der Waals surface area contributed by atoms with Gasteiger partial charge in [-0.05, 0) is 36.6 Å². The van der Waals surface area contributed by atoms with E-state index < -0.39 is 11.3 Å². The summed E-state index contributed by atoms with van der Waals surface area (Å²) in [6.45, 7) is 1.65. The van der Waals surface area contributed by atoms with Crippen molar-refractivity contribution in [1.29, 1.82) is 0 Å². The molecule has 2 heterocycles. The maximum absolute atomic E-state index is 14.1. The van der Waals surface area contributed by atoms with Crippen molar-refractivity contribution >= 4 is 17.7 Å². The second kappa shape index (κ2) is 5.85. The van der Waals surface area contributed by atoms with Crippen molar-refractivity contribution < 1.29 is 14.4 Å². The highest BCUT2D eigenvalue weighted by Gasteiger charge is 2.52. The molecule has 0 unspecified atom stereocenters. The van der Waals surface area contributed by atoms with Gasteiger partial charge in [-0.25, -0.2) is 9.45 Å². The van der Waals surface area contributed by atoms with Crippen molar-refractivity contribution in [3.8, 4) is 0 Å². The van der Waals surface area contributed by atoms with E-state index in [0.717, 1.165) is 10.6 Å². The molecule has 136 valence electrons. The number of carbonyl (C=O) groups excluding carboxylic acids is 1. The number of aryl methyl sites for hydroxylation is 1. The third-order valence-corrected chi connectivity index (χ3v) is 6.70. The van der Waals surface area contributed by atoms with Gasteiger partial charge in [-0.3, -0.25) is 14.7 Å². The fraction of sp³-hybridized carbons (Fsp3) is 0.333. The van der Waals surface area contributed by atoms with Crippen molar-refractivity contribution in [1.82, 2.24) is 14.8 Å². The average molecular weight is 374 g/mol. The number of thioether (sulfide) groups is 1. The maximum Gasteiger partial charge on any atom is 0.228 e. The highest BCUT2D eigenvalue weighted by Crippen LogP contribution is 2.58. The molecule has 0 saturated heterocycles. The van der Waals surface area contributed by atoms with Crippen LogP contribution in [0, 0.1) is 12.7 Å². The van der Waals surface area contributed by atoms with Gasteiger partial charge in [0.2, 0.25) is 5.91 Å². The molecule has 6 nitrogen and oxygen atoms in total. The normalized spacial score (nSPS) is 25.1. The summed E-state index contributed by atoms with van der Waals surface area (Å²) in [4.78, 5) is 13.3. The van der Waals surface area contributed by atoms with Gasteiger partial charge >= 0.3 is 0 Å². The van der Waals surface area contributed by atoms with Crippen LogP contribution in [0.3, 0.4) is 0 Å². The number of hydrogen-bond donors (Lipinski definition) is 2. The van der Waals surface area contributed by atoms with Crippen LogP contribution in [0.15, 0.2) is 41.1 Å². The number of benzene rings is 1. The number of hydrogen-bond acceptors (Lipinski definition) is 5.